The molecule has 0 amide bonds. The molecule has 2 aromatic carbocycles. The molecule has 3 aromatic rings. The Hall–Kier alpha value is -3.48. The molecule has 0 spiro atoms. The van der Waals surface area contributed by atoms with Gasteiger partial charge in [-0.2, -0.15) is 5.10 Å². The zero-order chi connectivity index (χ0) is 16.8. The van der Waals surface area contributed by atoms with Gasteiger partial charge in [-0.25, -0.2) is 5.43 Å². The van der Waals surface area contributed by atoms with Crippen LogP contribution in [0.15, 0.2) is 64.5 Å². The Balaban J connectivity index is 1.73. The van der Waals surface area contributed by atoms with Gasteiger partial charge in [0, 0.05) is 5.56 Å². The van der Waals surface area contributed by atoms with Crippen molar-refractivity contribution in [3.63, 3.8) is 0 Å². The summed E-state index contributed by atoms with van der Waals surface area (Å²) in [5, 5.41) is 11.9. The Kier molecular flexibility index (Phi) is 4.62. The van der Waals surface area contributed by atoms with Crippen LogP contribution in [0.3, 0.4) is 0 Å². The normalized spacial score (nSPS) is 10.7. The number of H-pyrrole nitrogens is 1. The van der Waals surface area contributed by atoms with E-state index in [1.807, 2.05) is 42.5 Å². The first-order valence-corrected chi connectivity index (χ1v) is 7.22. The molecule has 7 nitrogen and oxygen atoms in total. The third-order valence-corrected chi connectivity index (χ3v) is 3.22. The number of hydrazone groups is 1. The maximum Gasteiger partial charge on any atom is 0.279 e. The van der Waals surface area contributed by atoms with Gasteiger partial charge in [0.2, 0.25) is 5.95 Å². The van der Waals surface area contributed by atoms with Crippen LogP contribution in [-0.4, -0.2) is 28.5 Å². The summed E-state index contributed by atoms with van der Waals surface area (Å²) in [7, 11) is 1.60. The number of hydrogen-bond acceptors (Lipinski definition) is 6. The predicted molar refractivity (Wildman–Crippen MR) is 92.3 cm³/mol. The van der Waals surface area contributed by atoms with E-state index in [0.29, 0.717) is 5.56 Å². The molecule has 0 saturated heterocycles. The summed E-state index contributed by atoms with van der Waals surface area (Å²) in [6, 6.07) is 16.5. The first kappa shape index (κ1) is 15.4. The van der Waals surface area contributed by atoms with Crippen LogP contribution in [0.4, 0.5) is 5.95 Å². The summed E-state index contributed by atoms with van der Waals surface area (Å²) in [6.45, 7) is 0. The predicted octanol–water partition coefficient (Wildman–Crippen LogP) is 2.29. The molecule has 0 saturated carbocycles. The number of ether oxygens (including phenoxy) is 1. The van der Waals surface area contributed by atoms with Gasteiger partial charge in [-0.05, 0) is 17.7 Å². The highest BCUT2D eigenvalue weighted by atomic mass is 16.5. The van der Waals surface area contributed by atoms with Crippen molar-refractivity contribution >= 4 is 12.2 Å². The number of aromatic nitrogens is 3. The molecule has 1 aromatic heterocycles. The fourth-order valence-corrected chi connectivity index (χ4v) is 2.06. The van der Waals surface area contributed by atoms with Crippen LogP contribution in [0.1, 0.15) is 5.56 Å². The van der Waals surface area contributed by atoms with Gasteiger partial charge in [0.15, 0.2) is 5.69 Å². The van der Waals surface area contributed by atoms with Gasteiger partial charge < -0.3 is 4.74 Å². The molecule has 0 radical (unpaired) electrons. The molecule has 120 valence electrons. The van der Waals surface area contributed by atoms with E-state index in [0.717, 1.165) is 11.3 Å². The zero-order valence-electron chi connectivity index (χ0n) is 12.9. The second kappa shape index (κ2) is 7.19. The summed E-state index contributed by atoms with van der Waals surface area (Å²) in [6.07, 6.45) is 1.59. The minimum absolute atomic E-state index is 0.166. The quantitative estimate of drug-likeness (QED) is 0.555. The van der Waals surface area contributed by atoms with E-state index in [1.54, 1.807) is 25.5 Å². The molecule has 3 rings (SSSR count). The monoisotopic (exact) mass is 321 g/mol. The molecule has 0 unspecified atom stereocenters. The standard InChI is InChI=1S/C17H15N5O2/c1-24-14-9-5-6-12(10-14)11-18-21-17-19-16(23)15(20-22-17)13-7-3-2-4-8-13/h2-11H,1H3,(H2,19,21,22,23)/b18-11+. The van der Waals surface area contributed by atoms with Crippen molar-refractivity contribution in [3.05, 3.63) is 70.5 Å². The molecule has 24 heavy (non-hydrogen) atoms. The molecular weight excluding hydrogens is 306 g/mol. The number of rotatable bonds is 5. The molecule has 0 bridgehead atoms. The number of aromatic amines is 1. The van der Waals surface area contributed by atoms with Crippen LogP contribution < -0.4 is 15.7 Å². The number of nitrogens with zero attached hydrogens (tertiary/aromatic N) is 3. The number of methoxy groups -OCH3 is 1. The van der Waals surface area contributed by atoms with Crippen molar-refractivity contribution in [2.75, 3.05) is 12.5 Å². The van der Waals surface area contributed by atoms with E-state index >= 15 is 0 Å². The van der Waals surface area contributed by atoms with Crippen molar-refractivity contribution in [2.24, 2.45) is 5.10 Å². The van der Waals surface area contributed by atoms with E-state index in [9.17, 15) is 4.79 Å². The molecule has 0 aliphatic carbocycles. The Morgan fingerprint density at radius 2 is 1.96 bits per heavy atom. The van der Waals surface area contributed by atoms with Gasteiger partial charge in [-0.1, -0.05) is 42.5 Å². The zero-order valence-corrected chi connectivity index (χ0v) is 12.9. The molecule has 1 heterocycles. The molecule has 0 fully saturated rings. The van der Waals surface area contributed by atoms with Crippen LogP contribution in [-0.2, 0) is 0 Å². The minimum atomic E-state index is -0.338. The summed E-state index contributed by atoms with van der Waals surface area (Å²) in [5.74, 6) is 0.901. The van der Waals surface area contributed by atoms with Crippen LogP contribution >= 0.6 is 0 Å². The summed E-state index contributed by atoms with van der Waals surface area (Å²) < 4.78 is 5.14. The lowest BCUT2D eigenvalue weighted by molar-refractivity contribution is 0.415. The summed E-state index contributed by atoms with van der Waals surface area (Å²) >= 11 is 0. The molecule has 0 atom stereocenters. The van der Waals surface area contributed by atoms with Crippen molar-refractivity contribution in [2.45, 2.75) is 0 Å². The van der Waals surface area contributed by atoms with E-state index < -0.39 is 0 Å². The number of hydrogen-bond donors (Lipinski definition) is 2. The van der Waals surface area contributed by atoms with Gasteiger partial charge in [0.05, 0.1) is 13.3 Å². The lowest BCUT2D eigenvalue weighted by Gasteiger charge is -2.02. The second-order valence-corrected chi connectivity index (χ2v) is 4.86. The van der Waals surface area contributed by atoms with Crippen LogP contribution in [0.2, 0.25) is 0 Å². The average molecular weight is 321 g/mol. The minimum Gasteiger partial charge on any atom is -0.497 e. The van der Waals surface area contributed by atoms with Crippen molar-refractivity contribution in [3.8, 4) is 17.0 Å². The highest BCUT2D eigenvalue weighted by Gasteiger charge is 2.06. The smallest absolute Gasteiger partial charge is 0.279 e. The highest BCUT2D eigenvalue weighted by molar-refractivity contribution is 5.80. The molecule has 0 aliphatic rings. The molecular formula is C17H15N5O2. The first-order valence-electron chi connectivity index (χ1n) is 7.22. The third kappa shape index (κ3) is 3.64. The Morgan fingerprint density at radius 3 is 2.71 bits per heavy atom. The number of anilines is 1. The van der Waals surface area contributed by atoms with Gasteiger partial charge in [0.1, 0.15) is 5.75 Å². The summed E-state index contributed by atoms with van der Waals surface area (Å²) in [4.78, 5) is 14.7. The molecule has 0 aliphatic heterocycles. The maximum absolute atomic E-state index is 12.1. The lowest BCUT2D eigenvalue weighted by Crippen LogP contribution is -2.15. The fraction of sp³-hybridized carbons (Fsp3) is 0.0588. The van der Waals surface area contributed by atoms with Crippen molar-refractivity contribution in [1.82, 2.24) is 15.2 Å². The van der Waals surface area contributed by atoms with Crippen LogP contribution in [0.25, 0.3) is 11.3 Å². The van der Waals surface area contributed by atoms with E-state index in [2.05, 4.69) is 25.7 Å². The van der Waals surface area contributed by atoms with E-state index in [4.69, 9.17) is 4.74 Å². The van der Waals surface area contributed by atoms with Gasteiger partial charge >= 0.3 is 0 Å². The lowest BCUT2D eigenvalue weighted by atomic mass is 10.2. The Bertz CT molecular complexity index is 906. The molecule has 2 N–H and O–H groups in total. The van der Waals surface area contributed by atoms with Gasteiger partial charge in [0.25, 0.3) is 5.56 Å². The van der Waals surface area contributed by atoms with Crippen LogP contribution in [0.5, 0.6) is 5.75 Å². The number of nitrogens with one attached hydrogen (secondary N) is 2. The van der Waals surface area contributed by atoms with Crippen molar-refractivity contribution < 1.29 is 4.74 Å². The Labute approximate surface area is 138 Å². The number of benzene rings is 2. The molecule has 7 heteroatoms. The fourth-order valence-electron chi connectivity index (χ4n) is 2.06. The first-order chi connectivity index (χ1) is 11.8. The highest BCUT2D eigenvalue weighted by Crippen LogP contribution is 2.12. The summed E-state index contributed by atoms with van der Waals surface area (Å²) in [5.41, 5.74) is 4.13. The Morgan fingerprint density at radius 1 is 1.12 bits per heavy atom. The topological polar surface area (TPSA) is 92.3 Å². The van der Waals surface area contributed by atoms with E-state index in [-0.39, 0.29) is 17.2 Å². The largest absolute Gasteiger partial charge is 0.497 e. The van der Waals surface area contributed by atoms with Crippen LogP contribution in [0, 0.1) is 0 Å². The van der Waals surface area contributed by atoms with E-state index in [1.165, 1.54) is 0 Å². The maximum atomic E-state index is 12.1. The average Bonchev–Trinajstić information content (AvgIpc) is 2.63. The second-order valence-electron chi connectivity index (χ2n) is 4.86. The van der Waals surface area contributed by atoms with Gasteiger partial charge in [-0.3, -0.25) is 9.78 Å². The third-order valence-electron chi connectivity index (χ3n) is 3.22. The van der Waals surface area contributed by atoms with Crippen molar-refractivity contribution in [1.29, 1.82) is 0 Å². The van der Waals surface area contributed by atoms with Gasteiger partial charge in [-0.15, -0.1) is 10.2 Å². The SMILES string of the molecule is COc1cccc(/C=N/Nc2nnc(-c3ccccc3)c(=O)[nH]2)c1.